The van der Waals surface area contributed by atoms with Crippen LogP contribution in [0.25, 0.3) is 22.2 Å². The van der Waals surface area contributed by atoms with E-state index in [-0.39, 0.29) is 5.91 Å². The highest BCUT2D eigenvalue weighted by molar-refractivity contribution is 6.13. The summed E-state index contributed by atoms with van der Waals surface area (Å²) in [6.07, 6.45) is 3.19. The molecule has 0 bridgehead atoms. The number of anilines is 1. The molecule has 1 amide bonds. The second-order valence-corrected chi connectivity index (χ2v) is 7.18. The smallest absolute Gasteiger partial charge is 0.256 e. The van der Waals surface area contributed by atoms with Crippen molar-refractivity contribution in [1.29, 1.82) is 0 Å². The van der Waals surface area contributed by atoms with Crippen molar-refractivity contribution in [1.82, 2.24) is 19.7 Å². The van der Waals surface area contributed by atoms with E-state index in [1.807, 2.05) is 84.9 Å². The zero-order valence-corrected chi connectivity index (χ0v) is 16.6. The monoisotopic (exact) mass is 405 g/mol. The first-order chi connectivity index (χ1) is 15.3. The first kappa shape index (κ1) is 18.7. The number of carbonyl (C=O) groups excluding carboxylic acids is 1. The summed E-state index contributed by atoms with van der Waals surface area (Å²) in [5.41, 5.74) is 4.93. The molecule has 0 aliphatic rings. The quantitative estimate of drug-likeness (QED) is 0.456. The van der Waals surface area contributed by atoms with Crippen molar-refractivity contribution in [3.05, 3.63) is 109 Å². The van der Waals surface area contributed by atoms with E-state index in [0.717, 1.165) is 33.4 Å². The van der Waals surface area contributed by atoms with E-state index in [2.05, 4.69) is 15.4 Å². The lowest BCUT2D eigenvalue weighted by Crippen LogP contribution is -2.13. The van der Waals surface area contributed by atoms with Gasteiger partial charge in [0, 0.05) is 16.6 Å². The maximum atomic E-state index is 13.2. The number of hydrogen-bond acceptors (Lipinski definition) is 4. The molecule has 0 unspecified atom stereocenters. The number of aromatic nitrogens is 4. The predicted molar refractivity (Wildman–Crippen MR) is 121 cm³/mol. The largest absolute Gasteiger partial charge is 0.322 e. The summed E-state index contributed by atoms with van der Waals surface area (Å²) in [6.45, 7) is 0.629. The molecule has 3 aromatic carbocycles. The van der Waals surface area contributed by atoms with Gasteiger partial charge in [-0.25, -0.2) is 14.6 Å². The number of amides is 1. The molecular weight excluding hydrogens is 386 g/mol. The fourth-order valence-electron chi connectivity index (χ4n) is 3.51. The van der Waals surface area contributed by atoms with Crippen LogP contribution in [-0.4, -0.2) is 25.7 Å². The molecule has 150 valence electrons. The third-order valence-electron chi connectivity index (χ3n) is 5.05. The van der Waals surface area contributed by atoms with Crippen LogP contribution in [-0.2, 0) is 6.54 Å². The third kappa shape index (κ3) is 4.04. The molecule has 0 atom stereocenters. The normalized spacial score (nSPS) is 10.8. The number of pyridine rings is 1. The zero-order valence-electron chi connectivity index (χ0n) is 16.6. The Labute approximate surface area is 179 Å². The number of rotatable bonds is 5. The molecule has 1 N–H and O–H groups in total. The molecule has 2 heterocycles. The average Bonchev–Trinajstić information content (AvgIpc) is 3.33. The molecule has 31 heavy (non-hydrogen) atoms. The van der Waals surface area contributed by atoms with Gasteiger partial charge < -0.3 is 5.32 Å². The van der Waals surface area contributed by atoms with E-state index in [1.165, 1.54) is 6.33 Å². The highest BCUT2D eigenvalue weighted by atomic mass is 16.1. The number of para-hydroxylation sites is 1. The van der Waals surface area contributed by atoms with Crippen LogP contribution in [0.2, 0.25) is 0 Å². The minimum atomic E-state index is -0.167. The predicted octanol–water partition coefficient (Wildman–Crippen LogP) is 4.79. The first-order valence-corrected chi connectivity index (χ1v) is 9.94. The van der Waals surface area contributed by atoms with Crippen LogP contribution in [0.3, 0.4) is 0 Å². The van der Waals surface area contributed by atoms with Crippen LogP contribution in [0.1, 0.15) is 15.9 Å². The number of nitrogens with one attached hydrogen (secondary N) is 1. The van der Waals surface area contributed by atoms with Gasteiger partial charge in [0.15, 0.2) is 0 Å². The van der Waals surface area contributed by atoms with E-state index >= 15 is 0 Å². The van der Waals surface area contributed by atoms with Crippen molar-refractivity contribution in [3.63, 3.8) is 0 Å². The summed E-state index contributed by atoms with van der Waals surface area (Å²) in [5, 5.41) is 7.95. The summed E-state index contributed by atoms with van der Waals surface area (Å²) in [5.74, 6) is -0.167. The molecule has 0 fully saturated rings. The zero-order chi connectivity index (χ0) is 21.0. The van der Waals surface area contributed by atoms with Crippen LogP contribution in [0.4, 0.5) is 5.69 Å². The van der Waals surface area contributed by atoms with Gasteiger partial charge in [0.25, 0.3) is 5.91 Å². The standard InChI is InChI=1S/C25H19N5O/c31-25(28-20-12-10-18(11-13-20)15-30-17-26-16-27-30)22-14-24(19-6-2-1-3-7-19)29-23-9-5-4-8-21(22)23/h1-14,16-17H,15H2,(H,28,31). The summed E-state index contributed by atoms with van der Waals surface area (Å²) in [4.78, 5) is 21.9. The highest BCUT2D eigenvalue weighted by Crippen LogP contribution is 2.25. The van der Waals surface area contributed by atoms with E-state index < -0.39 is 0 Å². The van der Waals surface area contributed by atoms with Crippen molar-refractivity contribution >= 4 is 22.5 Å². The third-order valence-corrected chi connectivity index (χ3v) is 5.05. The molecule has 0 spiro atoms. The minimum Gasteiger partial charge on any atom is -0.322 e. The Morgan fingerprint density at radius 1 is 0.903 bits per heavy atom. The topological polar surface area (TPSA) is 72.7 Å². The van der Waals surface area contributed by atoms with E-state index in [9.17, 15) is 4.79 Å². The lowest BCUT2D eigenvalue weighted by Gasteiger charge is -2.11. The van der Waals surface area contributed by atoms with Crippen LogP contribution in [0, 0.1) is 0 Å². The Hall–Kier alpha value is -4.32. The Bertz CT molecular complexity index is 1330. The van der Waals surface area contributed by atoms with Crippen LogP contribution in [0.5, 0.6) is 0 Å². The number of carbonyl (C=O) groups is 1. The number of hydrogen-bond donors (Lipinski definition) is 1. The first-order valence-electron chi connectivity index (χ1n) is 9.94. The second-order valence-electron chi connectivity index (χ2n) is 7.18. The van der Waals surface area contributed by atoms with Gasteiger partial charge in [-0.3, -0.25) is 4.79 Å². The van der Waals surface area contributed by atoms with Gasteiger partial charge in [-0.15, -0.1) is 0 Å². The van der Waals surface area contributed by atoms with Crippen molar-refractivity contribution in [2.24, 2.45) is 0 Å². The molecule has 0 aliphatic heterocycles. The van der Waals surface area contributed by atoms with Crippen LogP contribution >= 0.6 is 0 Å². The molecule has 0 radical (unpaired) electrons. The SMILES string of the molecule is O=C(Nc1ccc(Cn2cncn2)cc1)c1cc(-c2ccccc2)nc2ccccc12. The Morgan fingerprint density at radius 2 is 1.68 bits per heavy atom. The van der Waals surface area contributed by atoms with E-state index in [4.69, 9.17) is 4.98 Å². The summed E-state index contributed by atoms with van der Waals surface area (Å²) < 4.78 is 1.75. The number of nitrogens with zero attached hydrogens (tertiary/aromatic N) is 4. The second kappa shape index (κ2) is 8.20. The molecule has 6 heteroatoms. The molecule has 5 aromatic rings. The molecule has 0 aliphatic carbocycles. The van der Waals surface area contributed by atoms with Crippen LogP contribution in [0.15, 0.2) is 97.6 Å². The molecular formula is C25H19N5O. The van der Waals surface area contributed by atoms with Crippen molar-refractivity contribution in [2.45, 2.75) is 6.54 Å². The van der Waals surface area contributed by atoms with E-state index in [1.54, 1.807) is 11.0 Å². The number of benzene rings is 3. The fraction of sp³-hybridized carbons (Fsp3) is 0.0400. The van der Waals surface area contributed by atoms with Gasteiger partial charge in [0.05, 0.1) is 23.3 Å². The van der Waals surface area contributed by atoms with Gasteiger partial charge in [0.1, 0.15) is 12.7 Å². The number of fused-ring (bicyclic) bond motifs is 1. The molecule has 5 rings (SSSR count). The van der Waals surface area contributed by atoms with Crippen molar-refractivity contribution in [3.8, 4) is 11.3 Å². The summed E-state index contributed by atoms with van der Waals surface area (Å²) in [6, 6.07) is 27.2. The molecule has 0 saturated heterocycles. The van der Waals surface area contributed by atoms with Crippen molar-refractivity contribution in [2.75, 3.05) is 5.32 Å². The minimum absolute atomic E-state index is 0.167. The average molecular weight is 405 g/mol. The fourth-order valence-corrected chi connectivity index (χ4v) is 3.51. The van der Waals surface area contributed by atoms with Gasteiger partial charge >= 0.3 is 0 Å². The lowest BCUT2D eigenvalue weighted by atomic mass is 10.0. The molecule has 6 nitrogen and oxygen atoms in total. The van der Waals surface area contributed by atoms with Crippen LogP contribution < -0.4 is 5.32 Å². The Balaban J connectivity index is 1.44. The van der Waals surface area contributed by atoms with Gasteiger partial charge in [0.2, 0.25) is 0 Å². The highest BCUT2D eigenvalue weighted by Gasteiger charge is 2.14. The Kier molecular flexibility index (Phi) is 4.94. The lowest BCUT2D eigenvalue weighted by molar-refractivity contribution is 0.102. The maximum absolute atomic E-state index is 13.2. The van der Waals surface area contributed by atoms with Gasteiger partial charge in [-0.1, -0.05) is 60.7 Å². The summed E-state index contributed by atoms with van der Waals surface area (Å²) >= 11 is 0. The maximum Gasteiger partial charge on any atom is 0.256 e. The Morgan fingerprint density at radius 3 is 2.45 bits per heavy atom. The van der Waals surface area contributed by atoms with Gasteiger partial charge in [-0.05, 0) is 29.8 Å². The molecule has 2 aromatic heterocycles. The van der Waals surface area contributed by atoms with Crippen molar-refractivity contribution < 1.29 is 4.79 Å². The van der Waals surface area contributed by atoms with Gasteiger partial charge in [-0.2, -0.15) is 5.10 Å². The van der Waals surface area contributed by atoms with E-state index in [0.29, 0.717) is 12.1 Å². The summed E-state index contributed by atoms with van der Waals surface area (Å²) in [7, 11) is 0. The molecule has 0 saturated carbocycles.